The minimum absolute atomic E-state index is 0.00566. The molecule has 0 fully saturated rings. The number of nitrogens with two attached hydrogens (primary N) is 1. The summed E-state index contributed by atoms with van der Waals surface area (Å²) in [6.45, 7) is 0.583. The molecular weight excluding hydrogens is 208 g/mol. The Bertz CT molecular complexity index is 512. The van der Waals surface area contributed by atoms with E-state index in [4.69, 9.17) is 10.9 Å². The lowest BCUT2D eigenvalue weighted by molar-refractivity contribution is 0.318. The van der Waals surface area contributed by atoms with Gasteiger partial charge in [0.2, 0.25) is 5.84 Å². The fourth-order valence-electron chi connectivity index (χ4n) is 1.46. The summed E-state index contributed by atoms with van der Waals surface area (Å²) < 4.78 is 3.50. The molecule has 7 nitrogen and oxygen atoms in total. The molecule has 0 atom stereocenters. The van der Waals surface area contributed by atoms with Crippen LogP contribution in [0.4, 0.5) is 0 Å². The van der Waals surface area contributed by atoms with E-state index in [-0.39, 0.29) is 5.84 Å². The van der Waals surface area contributed by atoms with Crippen molar-refractivity contribution in [1.82, 2.24) is 19.3 Å². The van der Waals surface area contributed by atoms with Crippen molar-refractivity contribution in [3.63, 3.8) is 0 Å². The van der Waals surface area contributed by atoms with E-state index in [9.17, 15) is 0 Å². The molecule has 0 saturated carbocycles. The maximum Gasteiger partial charge on any atom is 0.206 e. The summed E-state index contributed by atoms with van der Waals surface area (Å²) in [4.78, 5) is 4.01. The van der Waals surface area contributed by atoms with E-state index in [0.29, 0.717) is 12.4 Å². The minimum atomic E-state index is -0.00566. The molecule has 0 amide bonds. The van der Waals surface area contributed by atoms with E-state index in [2.05, 4.69) is 15.2 Å². The van der Waals surface area contributed by atoms with E-state index >= 15 is 0 Å². The fraction of sp³-hybridized carbons (Fsp3) is 0.222. The molecule has 0 saturated heterocycles. The van der Waals surface area contributed by atoms with Gasteiger partial charge >= 0.3 is 0 Å². The lowest BCUT2D eigenvalue weighted by Gasteiger charge is -2.04. The highest BCUT2D eigenvalue weighted by molar-refractivity contribution is 5.93. The van der Waals surface area contributed by atoms with Crippen LogP contribution in [0.3, 0.4) is 0 Å². The minimum Gasteiger partial charge on any atom is -0.409 e. The van der Waals surface area contributed by atoms with Crippen LogP contribution >= 0.6 is 0 Å². The van der Waals surface area contributed by atoms with E-state index in [1.165, 1.54) is 0 Å². The first-order chi connectivity index (χ1) is 7.70. The molecule has 84 valence electrons. The van der Waals surface area contributed by atoms with E-state index in [1.807, 2.05) is 13.2 Å². The smallest absolute Gasteiger partial charge is 0.206 e. The van der Waals surface area contributed by atoms with Gasteiger partial charge in [-0.25, -0.2) is 4.98 Å². The van der Waals surface area contributed by atoms with Gasteiger partial charge in [0, 0.05) is 31.2 Å². The van der Waals surface area contributed by atoms with Crippen molar-refractivity contribution < 1.29 is 5.21 Å². The number of oxime groups is 1. The maximum absolute atomic E-state index is 8.59. The molecule has 0 bridgehead atoms. The highest BCUT2D eigenvalue weighted by Gasteiger charge is 2.08. The van der Waals surface area contributed by atoms with Crippen LogP contribution in [0.25, 0.3) is 0 Å². The van der Waals surface area contributed by atoms with Gasteiger partial charge in [-0.3, -0.25) is 4.68 Å². The summed E-state index contributed by atoms with van der Waals surface area (Å²) in [5.74, 6) is 0.431. The Labute approximate surface area is 91.8 Å². The van der Waals surface area contributed by atoms with Crippen LogP contribution < -0.4 is 5.73 Å². The molecule has 16 heavy (non-hydrogen) atoms. The molecule has 0 spiro atoms. The molecule has 0 aliphatic heterocycles. The first kappa shape index (κ1) is 10.2. The van der Waals surface area contributed by atoms with E-state index < -0.39 is 0 Å². The second kappa shape index (κ2) is 4.05. The Hall–Kier alpha value is -2.31. The molecule has 2 rings (SSSR count). The zero-order chi connectivity index (χ0) is 11.5. The predicted molar refractivity (Wildman–Crippen MR) is 57.0 cm³/mol. The standard InChI is InChI=1S/C9H12N6O/c1-14-5-7(4-12-14)6-15-3-2-11-9(15)8(10)13-16/h2-5,16H,6H2,1H3,(H2,10,13). The van der Waals surface area contributed by atoms with Crippen LogP contribution in [0.15, 0.2) is 29.9 Å². The molecule has 0 aromatic carbocycles. The number of hydrogen-bond acceptors (Lipinski definition) is 4. The largest absolute Gasteiger partial charge is 0.409 e. The molecule has 7 heteroatoms. The van der Waals surface area contributed by atoms with Crippen LogP contribution in [0.1, 0.15) is 11.4 Å². The molecule has 0 unspecified atom stereocenters. The summed E-state index contributed by atoms with van der Waals surface area (Å²) >= 11 is 0. The zero-order valence-electron chi connectivity index (χ0n) is 8.78. The summed E-state index contributed by atoms with van der Waals surface area (Å²) in [6, 6.07) is 0. The van der Waals surface area contributed by atoms with E-state index in [1.54, 1.807) is 27.8 Å². The molecule has 2 aromatic rings. The molecule has 0 radical (unpaired) electrons. The molecular formula is C9H12N6O. The van der Waals surface area contributed by atoms with Gasteiger partial charge in [0.1, 0.15) is 0 Å². The van der Waals surface area contributed by atoms with Crippen molar-refractivity contribution in [3.05, 3.63) is 36.2 Å². The third-order valence-corrected chi connectivity index (χ3v) is 2.16. The second-order valence-corrected chi connectivity index (χ2v) is 3.39. The van der Waals surface area contributed by atoms with Crippen LogP contribution in [0.2, 0.25) is 0 Å². The Morgan fingerprint density at radius 3 is 3.06 bits per heavy atom. The highest BCUT2D eigenvalue weighted by Crippen LogP contribution is 2.04. The summed E-state index contributed by atoms with van der Waals surface area (Å²) in [5.41, 5.74) is 6.52. The fourth-order valence-corrected chi connectivity index (χ4v) is 1.46. The number of nitrogens with zero attached hydrogens (tertiary/aromatic N) is 5. The number of aromatic nitrogens is 4. The van der Waals surface area contributed by atoms with Crippen molar-refractivity contribution in [1.29, 1.82) is 0 Å². The number of hydrogen-bond donors (Lipinski definition) is 2. The number of rotatable bonds is 3. The molecule has 2 aromatic heterocycles. The lowest BCUT2D eigenvalue weighted by Crippen LogP contribution is -2.19. The average molecular weight is 220 g/mol. The van der Waals surface area contributed by atoms with Gasteiger partial charge in [0.15, 0.2) is 5.82 Å². The average Bonchev–Trinajstić information content (AvgIpc) is 2.87. The Morgan fingerprint density at radius 1 is 1.62 bits per heavy atom. The lowest BCUT2D eigenvalue weighted by atomic mass is 10.3. The molecule has 2 heterocycles. The van der Waals surface area contributed by atoms with E-state index in [0.717, 1.165) is 5.56 Å². The monoisotopic (exact) mass is 220 g/mol. The number of amidine groups is 1. The normalized spacial score (nSPS) is 11.9. The third-order valence-electron chi connectivity index (χ3n) is 2.16. The Morgan fingerprint density at radius 2 is 2.44 bits per heavy atom. The van der Waals surface area contributed by atoms with Gasteiger partial charge in [-0.1, -0.05) is 5.16 Å². The van der Waals surface area contributed by atoms with Crippen molar-refractivity contribution in [2.45, 2.75) is 6.54 Å². The van der Waals surface area contributed by atoms with Crippen molar-refractivity contribution >= 4 is 5.84 Å². The molecule has 3 N–H and O–H groups in total. The summed E-state index contributed by atoms with van der Waals surface area (Å²) in [5, 5.41) is 15.6. The second-order valence-electron chi connectivity index (χ2n) is 3.39. The van der Waals surface area contributed by atoms with Crippen LogP contribution in [0.5, 0.6) is 0 Å². The van der Waals surface area contributed by atoms with Crippen LogP contribution in [0, 0.1) is 0 Å². The first-order valence-electron chi connectivity index (χ1n) is 4.67. The predicted octanol–water partition coefficient (Wildman–Crippen LogP) is -0.241. The third kappa shape index (κ3) is 1.88. The SMILES string of the molecule is Cn1cc(Cn2ccnc2C(N)=NO)cn1. The quantitative estimate of drug-likeness (QED) is 0.323. The Kier molecular flexibility index (Phi) is 2.59. The topological polar surface area (TPSA) is 94.2 Å². The zero-order valence-corrected chi connectivity index (χ0v) is 8.78. The van der Waals surface area contributed by atoms with Crippen molar-refractivity contribution in [2.75, 3.05) is 0 Å². The highest BCUT2D eigenvalue weighted by atomic mass is 16.4. The van der Waals surface area contributed by atoms with Crippen LogP contribution in [-0.4, -0.2) is 30.4 Å². The van der Waals surface area contributed by atoms with Crippen LogP contribution in [-0.2, 0) is 13.6 Å². The first-order valence-corrected chi connectivity index (χ1v) is 4.67. The Balaban J connectivity index is 2.25. The van der Waals surface area contributed by atoms with Gasteiger partial charge in [-0.15, -0.1) is 0 Å². The molecule has 0 aliphatic rings. The van der Waals surface area contributed by atoms with Gasteiger partial charge in [-0.05, 0) is 0 Å². The number of aryl methyl sites for hydroxylation is 1. The van der Waals surface area contributed by atoms with Gasteiger partial charge in [0.05, 0.1) is 12.7 Å². The summed E-state index contributed by atoms with van der Waals surface area (Å²) in [6.07, 6.45) is 7.02. The van der Waals surface area contributed by atoms with Crippen molar-refractivity contribution in [3.8, 4) is 0 Å². The van der Waals surface area contributed by atoms with Gasteiger partial charge in [-0.2, -0.15) is 5.10 Å². The summed E-state index contributed by atoms with van der Waals surface area (Å²) in [7, 11) is 1.85. The van der Waals surface area contributed by atoms with Gasteiger partial charge < -0.3 is 15.5 Å². The molecule has 0 aliphatic carbocycles. The van der Waals surface area contributed by atoms with Crippen molar-refractivity contribution in [2.24, 2.45) is 17.9 Å². The maximum atomic E-state index is 8.59. The number of imidazole rings is 1. The van der Waals surface area contributed by atoms with Gasteiger partial charge in [0.25, 0.3) is 0 Å².